The summed E-state index contributed by atoms with van der Waals surface area (Å²) in [5.74, 6) is 1.22. The standard InChI is InChI=1S/C23H32N6O2S/c30-21(24-18-5-7-19(8-6-18)27-11-3-1-2-4-12-27)17-32-23-26-25-22(29(23)20-9-10-20)28-13-15-31-16-14-28/h5-8,20H,1-4,9-17H2,(H,24,30). The Morgan fingerprint density at radius 3 is 2.38 bits per heavy atom. The highest BCUT2D eigenvalue weighted by atomic mass is 32.2. The molecule has 9 heteroatoms. The molecule has 1 aromatic heterocycles. The van der Waals surface area contributed by atoms with Crippen molar-refractivity contribution in [3.8, 4) is 0 Å². The van der Waals surface area contributed by atoms with Crippen LogP contribution in [0.3, 0.4) is 0 Å². The quantitative estimate of drug-likeness (QED) is 0.639. The zero-order valence-electron chi connectivity index (χ0n) is 18.5. The van der Waals surface area contributed by atoms with Crippen LogP contribution in [0.15, 0.2) is 29.4 Å². The molecular formula is C23H32N6O2S. The van der Waals surface area contributed by atoms with Crippen LogP contribution in [0.2, 0.25) is 0 Å². The van der Waals surface area contributed by atoms with Gasteiger partial charge in [0.1, 0.15) is 0 Å². The molecule has 1 aromatic carbocycles. The van der Waals surface area contributed by atoms with E-state index in [9.17, 15) is 4.79 Å². The van der Waals surface area contributed by atoms with Gasteiger partial charge in [0.2, 0.25) is 11.9 Å². The Hall–Kier alpha value is -2.26. The van der Waals surface area contributed by atoms with Crippen molar-refractivity contribution in [3.05, 3.63) is 24.3 Å². The molecule has 172 valence electrons. The lowest BCUT2D eigenvalue weighted by Crippen LogP contribution is -2.38. The summed E-state index contributed by atoms with van der Waals surface area (Å²) in [4.78, 5) is 17.3. The second-order valence-corrected chi connectivity index (χ2v) is 9.71. The highest BCUT2D eigenvalue weighted by Gasteiger charge is 2.32. The molecule has 3 fully saturated rings. The molecule has 1 aliphatic carbocycles. The molecule has 1 N–H and O–H groups in total. The summed E-state index contributed by atoms with van der Waals surface area (Å²) in [5, 5.41) is 12.7. The molecule has 0 spiro atoms. The Balaban J connectivity index is 1.17. The second-order valence-electron chi connectivity index (χ2n) is 8.77. The smallest absolute Gasteiger partial charge is 0.234 e. The minimum atomic E-state index is -0.0178. The zero-order valence-corrected chi connectivity index (χ0v) is 19.4. The number of ether oxygens (including phenoxy) is 1. The molecule has 0 radical (unpaired) electrons. The number of anilines is 3. The van der Waals surface area contributed by atoms with E-state index >= 15 is 0 Å². The molecule has 3 heterocycles. The average Bonchev–Trinajstić information content (AvgIpc) is 3.63. The van der Waals surface area contributed by atoms with Crippen LogP contribution in [0.25, 0.3) is 0 Å². The van der Waals surface area contributed by atoms with E-state index in [1.807, 2.05) is 12.1 Å². The van der Waals surface area contributed by atoms with Gasteiger partial charge in [-0.3, -0.25) is 9.36 Å². The van der Waals surface area contributed by atoms with Crippen LogP contribution in [-0.4, -0.2) is 65.8 Å². The third-order valence-electron chi connectivity index (χ3n) is 6.31. The van der Waals surface area contributed by atoms with Gasteiger partial charge < -0.3 is 19.9 Å². The van der Waals surface area contributed by atoms with Gasteiger partial charge >= 0.3 is 0 Å². The van der Waals surface area contributed by atoms with Crippen molar-refractivity contribution in [2.24, 2.45) is 0 Å². The molecule has 0 bridgehead atoms. The summed E-state index contributed by atoms with van der Waals surface area (Å²) in [6.07, 6.45) is 7.47. The maximum absolute atomic E-state index is 12.6. The molecule has 0 atom stereocenters. The van der Waals surface area contributed by atoms with E-state index in [1.165, 1.54) is 43.1 Å². The van der Waals surface area contributed by atoms with Gasteiger partial charge in [-0.25, -0.2) is 0 Å². The lowest BCUT2D eigenvalue weighted by molar-refractivity contribution is -0.113. The molecule has 2 saturated heterocycles. The first-order valence-electron chi connectivity index (χ1n) is 11.8. The highest BCUT2D eigenvalue weighted by Crippen LogP contribution is 2.41. The molecule has 32 heavy (non-hydrogen) atoms. The number of hydrogen-bond acceptors (Lipinski definition) is 7. The Bertz CT molecular complexity index is 900. The Morgan fingerprint density at radius 1 is 0.969 bits per heavy atom. The third kappa shape index (κ3) is 5.20. The van der Waals surface area contributed by atoms with Crippen LogP contribution in [0, 0.1) is 0 Å². The predicted octanol–water partition coefficient (Wildman–Crippen LogP) is 3.56. The van der Waals surface area contributed by atoms with Gasteiger partial charge in [-0.05, 0) is 49.9 Å². The molecule has 0 unspecified atom stereocenters. The van der Waals surface area contributed by atoms with Crippen molar-refractivity contribution in [3.63, 3.8) is 0 Å². The fraction of sp³-hybridized carbons (Fsp3) is 0.609. The summed E-state index contributed by atoms with van der Waals surface area (Å²) in [6, 6.07) is 8.71. The Labute approximate surface area is 193 Å². The first kappa shape index (κ1) is 21.6. The number of hydrogen-bond donors (Lipinski definition) is 1. The maximum atomic E-state index is 12.6. The van der Waals surface area contributed by atoms with Crippen molar-refractivity contribution >= 4 is 35.0 Å². The summed E-state index contributed by atoms with van der Waals surface area (Å²) in [5.41, 5.74) is 2.08. The van der Waals surface area contributed by atoms with Gasteiger partial charge in [-0.15, -0.1) is 10.2 Å². The number of carbonyl (C=O) groups is 1. The van der Waals surface area contributed by atoms with Gasteiger partial charge in [-0.2, -0.15) is 0 Å². The van der Waals surface area contributed by atoms with E-state index in [0.717, 1.165) is 69.0 Å². The van der Waals surface area contributed by atoms with Gasteiger partial charge in [0.05, 0.1) is 19.0 Å². The molecule has 1 saturated carbocycles. The van der Waals surface area contributed by atoms with Crippen LogP contribution in [-0.2, 0) is 9.53 Å². The van der Waals surface area contributed by atoms with E-state index in [2.05, 4.69) is 42.0 Å². The zero-order chi connectivity index (χ0) is 21.8. The van der Waals surface area contributed by atoms with E-state index < -0.39 is 0 Å². The van der Waals surface area contributed by atoms with E-state index in [1.54, 1.807) is 0 Å². The lowest BCUT2D eigenvalue weighted by atomic mass is 10.2. The first-order chi connectivity index (χ1) is 15.8. The van der Waals surface area contributed by atoms with Crippen LogP contribution in [0.5, 0.6) is 0 Å². The topological polar surface area (TPSA) is 75.5 Å². The van der Waals surface area contributed by atoms with Crippen LogP contribution < -0.4 is 15.1 Å². The van der Waals surface area contributed by atoms with Gasteiger partial charge in [-0.1, -0.05) is 24.6 Å². The largest absolute Gasteiger partial charge is 0.378 e. The number of thioether (sulfide) groups is 1. The summed E-state index contributed by atoms with van der Waals surface area (Å²) >= 11 is 1.47. The van der Waals surface area contributed by atoms with Crippen molar-refractivity contribution in [1.29, 1.82) is 0 Å². The number of rotatable bonds is 7. The van der Waals surface area contributed by atoms with Crippen molar-refractivity contribution in [2.45, 2.75) is 49.7 Å². The highest BCUT2D eigenvalue weighted by molar-refractivity contribution is 7.99. The minimum Gasteiger partial charge on any atom is -0.378 e. The number of carbonyl (C=O) groups excluding carboxylic acids is 1. The molecule has 5 rings (SSSR count). The number of benzene rings is 1. The van der Waals surface area contributed by atoms with Gasteiger partial charge in [0.25, 0.3) is 0 Å². The third-order valence-corrected chi connectivity index (χ3v) is 7.25. The summed E-state index contributed by atoms with van der Waals surface area (Å²) in [6.45, 7) is 5.36. The van der Waals surface area contributed by atoms with E-state index in [-0.39, 0.29) is 5.91 Å². The minimum absolute atomic E-state index is 0.0178. The van der Waals surface area contributed by atoms with Crippen LogP contribution in [0.4, 0.5) is 17.3 Å². The lowest BCUT2D eigenvalue weighted by Gasteiger charge is -2.27. The SMILES string of the molecule is O=C(CSc1nnc(N2CCOCC2)n1C1CC1)Nc1ccc(N2CCCCCC2)cc1. The molecular weight excluding hydrogens is 424 g/mol. The van der Waals surface area contributed by atoms with Crippen LogP contribution in [0.1, 0.15) is 44.6 Å². The fourth-order valence-electron chi connectivity index (χ4n) is 4.41. The number of aromatic nitrogens is 3. The second kappa shape index (κ2) is 10.1. The fourth-order valence-corrected chi connectivity index (χ4v) is 5.21. The number of nitrogens with zero attached hydrogens (tertiary/aromatic N) is 5. The monoisotopic (exact) mass is 456 g/mol. The van der Waals surface area contributed by atoms with E-state index in [4.69, 9.17) is 4.74 Å². The molecule has 2 aliphatic heterocycles. The van der Waals surface area contributed by atoms with Gasteiger partial charge in [0, 0.05) is 43.6 Å². The van der Waals surface area contributed by atoms with Crippen molar-refractivity contribution in [2.75, 3.05) is 60.3 Å². The number of nitrogens with one attached hydrogen (secondary N) is 1. The first-order valence-corrected chi connectivity index (χ1v) is 12.8. The maximum Gasteiger partial charge on any atom is 0.234 e. The Kier molecular flexibility index (Phi) is 6.83. The van der Waals surface area contributed by atoms with E-state index in [0.29, 0.717) is 11.8 Å². The van der Waals surface area contributed by atoms with Gasteiger partial charge in [0.15, 0.2) is 5.16 Å². The van der Waals surface area contributed by atoms with Crippen molar-refractivity contribution in [1.82, 2.24) is 14.8 Å². The average molecular weight is 457 g/mol. The predicted molar refractivity (Wildman–Crippen MR) is 128 cm³/mol. The van der Waals surface area contributed by atoms with Crippen LogP contribution >= 0.6 is 11.8 Å². The molecule has 3 aliphatic rings. The molecule has 1 amide bonds. The number of amides is 1. The molecule has 2 aromatic rings. The normalized spacial score (nSPS) is 19.6. The molecule has 8 nitrogen and oxygen atoms in total. The van der Waals surface area contributed by atoms with Crippen molar-refractivity contribution < 1.29 is 9.53 Å². The summed E-state index contributed by atoms with van der Waals surface area (Å²) in [7, 11) is 0. The summed E-state index contributed by atoms with van der Waals surface area (Å²) < 4.78 is 7.69. The Morgan fingerprint density at radius 2 is 1.69 bits per heavy atom. The number of morpholine rings is 1.